The number of amides is 1. The first-order chi connectivity index (χ1) is 15.9. The highest BCUT2D eigenvalue weighted by Crippen LogP contribution is 2.36. The van der Waals surface area contributed by atoms with Crippen molar-refractivity contribution in [3.05, 3.63) is 70.8 Å². The Balaban J connectivity index is 2.23. The molecule has 0 heterocycles. The standard InChI is InChI=1S/C22H20F9NO3/c1-32(18(33)22(29,30)31)8-7-19(34,15-5-3-2-4-6-15)13-35-12-14-9-16(20(23,24)25)11-17(10-14)21(26,27)28/h2-6,9-11,34H,7-8,12-13H2,1H3. The van der Waals surface area contributed by atoms with E-state index in [-0.39, 0.29) is 11.6 Å². The normalized spacial score (nSPS) is 14.5. The van der Waals surface area contributed by atoms with Crippen molar-refractivity contribution in [2.75, 3.05) is 20.2 Å². The molecular formula is C22H20F9NO3. The van der Waals surface area contributed by atoms with Crippen LogP contribution in [0.15, 0.2) is 48.5 Å². The van der Waals surface area contributed by atoms with Gasteiger partial charge in [-0.1, -0.05) is 30.3 Å². The Labute approximate surface area is 193 Å². The molecule has 2 rings (SSSR count). The van der Waals surface area contributed by atoms with Gasteiger partial charge in [0.05, 0.1) is 24.3 Å². The summed E-state index contributed by atoms with van der Waals surface area (Å²) in [4.78, 5) is 11.7. The summed E-state index contributed by atoms with van der Waals surface area (Å²) in [6.45, 7) is -2.03. The van der Waals surface area contributed by atoms with Crippen LogP contribution in [0.2, 0.25) is 0 Å². The van der Waals surface area contributed by atoms with Gasteiger partial charge in [0.15, 0.2) is 0 Å². The third-order valence-corrected chi connectivity index (χ3v) is 5.02. The molecule has 0 aliphatic carbocycles. The molecule has 194 valence electrons. The van der Waals surface area contributed by atoms with Crippen molar-refractivity contribution in [1.29, 1.82) is 0 Å². The molecule has 0 spiro atoms. The van der Waals surface area contributed by atoms with Gasteiger partial charge in [-0.05, 0) is 29.3 Å². The second-order valence-electron chi connectivity index (χ2n) is 7.78. The van der Waals surface area contributed by atoms with Gasteiger partial charge in [-0.3, -0.25) is 4.79 Å². The smallest absolute Gasteiger partial charge is 0.383 e. The summed E-state index contributed by atoms with van der Waals surface area (Å²) >= 11 is 0. The summed E-state index contributed by atoms with van der Waals surface area (Å²) < 4.78 is 121. The average molecular weight is 517 g/mol. The van der Waals surface area contributed by atoms with Gasteiger partial charge >= 0.3 is 24.4 Å². The molecule has 1 N–H and O–H groups in total. The van der Waals surface area contributed by atoms with Gasteiger partial charge in [-0.25, -0.2) is 0 Å². The van der Waals surface area contributed by atoms with Crippen LogP contribution in [0.1, 0.15) is 28.7 Å². The maximum atomic E-state index is 13.0. The highest BCUT2D eigenvalue weighted by Gasteiger charge is 2.42. The van der Waals surface area contributed by atoms with Gasteiger partial charge in [0.1, 0.15) is 5.60 Å². The topological polar surface area (TPSA) is 49.8 Å². The Morgan fingerprint density at radius 3 is 1.83 bits per heavy atom. The predicted octanol–water partition coefficient (Wildman–Crippen LogP) is 5.54. The summed E-state index contributed by atoms with van der Waals surface area (Å²) in [5, 5.41) is 11.1. The van der Waals surface area contributed by atoms with Crippen LogP contribution in [0, 0.1) is 0 Å². The first-order valence-electron chi connectivity index (χ1n) is 9.90. The van der Waals surface area contributed by atoms with Crippen LogP contribution in [-0.4, -0.2) is 42.3 Å². The molecule has 0 saturated carbocycles. The summed E-state index contributed by atoms with van der Waals surface area (Å²) in [7, 11) is 0.864. The van der Waals surface area contributed by atoms with Crippen LogP contribution in [0.3, 0.4) is 0 Å². The molecule has 1 unspecified atom stereocenters. The number of halogens is 9. The van der Waals surface area contributed by atoms with Gasteiger partial charge in [-0.2, -0.15) is 39.5 Å². The Kier molecular flexibility index (Phi) is 8.48. The Morgan fingerprint density at radius 1 is 0.857 bits per heavy atom. The molecule has 1 atom stereocenters. The lowest BCUT2D eigenvalue weighted by Crippen LogP contribution is -2.42. The number of alkyl halides is 9. The molecule has 0 aliphatic heterocycles. The van der Waals surface area contributed by atoms with Crippen molar-refractivity contribution in [2.45, 2.75) is 37.2 Å². The van der Waals surface area contributed by atoms with E-state index >= 15 is 0 Å². The molecule has 0 aliphatic rings. The van der Waals surface area contributed by atoms with Gasteiger partial charge in [-0.15, -0.1) is 0 Å². The first kappa shape index (κ1) is 28.4. The Bertz CT molecular complexity index is 972. The van der Waals surface area contributed by atoms with E-state index in [1.54, 1.807) is 6.07 Å². The molecule has 0 saturated heterocycles. The van der Waals surface area contributed by atoms with Crippen molar-refractivity contribution in [1.82, 2.24) is 4.90 Å². The molecule has 35 heavy (non-hydrogen) atoms. The first-order valence-corrected chi connectivity index (χ1v) is 9.90. The third kappa shape index (κ3) is 7.85. The summed E-state index contributed by atoms with van der Waals surface area (Å²) in [6.07, 6.45) is -15.7. The van der Waals surface area contributed by atoms with Crippen LogP contribution in [-0.2, 0) is 34.1 Å². The van der Waals surface area contributed by atoms with E-state index in [0.717, 1.165) is 7.05 Å². The van der Waals surface area contributed by atoms with E-state index in [9.17, 15) is 49.4 Å². The lowest BCUT2D eigenvalue weighted by atomic mass is 9.91. The van der Waals surface area contributed by atoms with Crippen LogP contribution in [0.25, 0.3) is 0 Å². The molecule has 1 amide bonds. The van der Waals surface area contributed by atoms with Crippen LogP contribution >= 0.6 is 0 Å². The van der Waals surface area contributed by atoms with Crippen molar-refractivity contribution in [2.24, 2.45) is 0 Å². The number of hydrogen-bond acceptors (Lipinski definition) is 3. The maximum absolute atomic E-state index is 13.0. The maximum Gasteiger partial charge on any atom is 0.471 e. The predicted molar refractivity (Wildman–Crippen MR) is 105 cm³/mol. The number of hydrogen-bond donors (Lipinski definition) is 1. The number of benzene rings is 2. The molecule has 4 nitrogen and oxygen atoms in total. The number of carbonyl (C=O) groups excluding carboxylic acids is 1. The number of rotatable bonds is 8. The van der Waals surface area contributed by atoms with E-state index in [4.69, 9.17) is 4.74 Å². The SMILES string of the molecule is CN(CCC(O)(COCc1cc(C(F)(F)F)cc(C(F)(F)F)c1)c1ccccc1)C(=O)C(F)(F)F. The van der Waals surface area contributed by atoms with Gasteiger partial charge in [0.2, 0.25) is 0 Å². The van der Waals surface area contributed by atoms with E-state index in [0.29, 0.717) is 17.0 Å². The average Bonchev–Trinajstić information content (AvgIpc) is 2.75. The molecule has 0 radical (unpaired) electrons. The van der Waals surface area contributed by atoms with Crippen molar-refractivity contribution < 1.29 is 54.2 Å². The third-order valence-electron chi connectivity index (χ3n) is 5.02. The highest BCUT2D eigenvalue weighted by molar-refractivity contribution is 5.81. The van der Waals surface area contributed by atoms with Gasteiger partial charge < -0.3 is 14.7 Å². The monoisotopic (exact) mass is 517 g/mol. The molecule has 0 aromatic heterocycles. The summed E-state index contributed by atoms with van der Waals surface area (Å²) in [6, 6.07) is 8.25. The van der Waals surface area contributed by atoms with E-state index in [2.05, 4.69) is 0 Å². The lowest BCUT2D eigenvalue weighted by Gasteiger charge is -2.31. The van der Waals surface area contributed by atoms with Crippen molar-refractivity contribution in [3.8, 4) is 0 Å². The zero-order valence-corrected chi connectivity index (χ0v) is 18.1. The lowest BCUT2D eigenvalue weighted by molar-refractivity contribution is -0.184. The van der Waals surface area contributed by atoms with Crippen molar-refractivity contribution in [3.63, 3.8) is 0 Å². The fourth-order valence-electron chi connectivity index (χ4n) is 3.16. The minimum Gasteiger partial charge on any atom is -0.383 e. The van der Waals surface area contributed by atoms with Crippen LogP contribution < -0.4 is 0 Å². The number of ether oxygens (including phenoxy) is 1. The summed E-state index contributed by atoms with van der Waals surface area (Å²) in [5.41, 5.74) is -5.41. The number of carbonyl (C=O) groups is 1. The molecular weight excluding hydrogens is 497 g/mol. The van der Waals surface area contributed by atoms with Gasteiger partial charge in [0, 0.05) is 20.0 Å². The van der Waals surface area contributed by atoms with E-state index in [1.165, 1.54) is 24.3 Å². The minimum atomic E-state index is -5.14. The Morgan fingerprint density at radius 2 is 1.37 bits per heavy atom. The van der Waals surface area contributed by atoms with Gasteiger partial charge in [0.25, 0.3) is 0 Å². The van der Waals surface area contributed by atoms with Crippen LogP contribution in [0.5, 0.6) is 0 Å². The van der Waals surface area contributed by atoms with E-state index < -0.39 is 72.9 Å². The molecule has 2 aromatic rings. The quantitative estimate of drug-likeness (QED) is 0.468. The fraction of sp³-hybridized carbons (Fsp3) is 0.409. The second kappa shape index (κ2) is 10.4. The second-order valence-corrected chi connectivity index (χ2v) is 7.78. The number of aliphatic hydroxyl groups is 1. The van der Waals surface area contributed by atoms with Crippen molar-refractivity contribution >= 4 is 5.91 Å². The summed E-state index contributed by atoms with van der Waals surface area (Å²) in [5.74, 6) is -2.16. The molecule has 0 fully saturated rings. The molecule has 13 heteroatoms. The molecule has 2 aromatic carbocycles. The zero-order chi connectivity index (χ0) is 26.7. The Hall–Kier alpha value is -2.80. The molecule has 0 bridgehead atoms. The highest BCUT2D eigenvalue weighted by atomic mass is 19.4. The fourth-order valence-corrected chi connectivity index (χ4v) is 3.16. The van der Waals surface area contributed by atoms with E-state index in [1.807, 2.05) is 0 Å². The number of nitrogens with zero attached hydrogens (tertiary/aromatic N) is 1. The minimum absolute atomic E-state index is 0.0443. The largest absolute Gasteiger partial charge is 0.471 e. The zero-order valence-electron chi connectivity index (χ0n) is 18.1. The van der Waals surface area contributed by atoms with Crippen LogP contribution in [0.4, 0.5) is 39.5 Å².